The number of allylic oxidation sites excluding steroid dienone is 1. The van der Waals surface area contributed by atoms with E-state index in [-0.39, 0.29) is 0 Å². The molecule has 0 aromatic carbocycles. The second kappa shape index (κ2) is 2.96. The third kappa shape index (κ3) is 2.12. The Balaban J connectivity index is 3.85. The number of amides is 1. The largest absolute Gasteiger partial charge is 0.363 e. The molecule has 1 radical (unpaired) electrons. The van der Waals surface area contributed by atoms with Crippen LogP contribution in [0.3, 0.4) is 0 Å². The van der Waals surface area contributed by atoms with E-state index in [1.54, 1.807) is 0 Å². The Labute approximate surface area is 47.2 Å². The zero-order chi connectivity index (χ0) is 6.57. The van der Waals surface area contributed by atoms with Crippen molar-refractivity contribution in [3.63, 3.8) is 0 Å². The van der Waals surface area contributed by atoms with Gasteiger partial charge in [0, 0.05) is 0 Å². The molecule has 2 N–H and O–H groups in total. The molecule has 0 aliphatic carbocycles. The minimum atomic E-state index is -0.945. The molecule has 0 fully saturated rings. The van der Waals surface area contributed by atoms with Crippen LogP contribution in [-0.4, -0.2) is 11.7 Å². The van der Waals surface area contributed by atoms with E-state index in [2.05, 4.69) is 11.8 Å². The van der Waals surface area contributed by atoms with E-state index in [4.69, 9.17) is 0 Å². The van der Waals surface area contributed by atoms with Gasteiger partial charge in [-0.1, -0.05) is 0 Å². The highest BCUT2D eigenvalue weighted by Gasteiger charge is 2.00. The van der Waals surface area contributed by atoms with Crippen LogP contribution < -0.4 is 5.73 Å². The van der Waals surface area contributed by atoms with E-state index >= 15 is 0 Å². The summed E-state index contributed by atoms with van der Waals surface area (Å²) in [6, 6.07) is 0. The summed E-state index contributed by atoms with van der Waals surface area (Å²) in [5.74, 6) is -1.66. The van der Waals surface area contributed by atoms with Crippen LogP contribution >= 0.6 is 0 Å². The molecule has 0 spiro atoms. The summed E-state index contributed by atoms with van der Waals surface area (Å²) in [5, 5.41) is 0. The Hall–Kier alpha value is -1.12. The molecule has 0 saturated carbocycles. The molecule has 0 aromatic heterocycles. The predicted octanol–water partition coefficient (Wildman–Crippen LogP) is -0.580. The summed E-state index contributed by atoms with van der Waals surface area (Å²) in [7, 11) is 0. The summed E-state index contributed by atoms with van der Waals surface area (Å²) in [4.78, 5) is 20.0. The minimum Gasteiger partial charge on any atom is -0.363 e. The number of ketones is 1. The van der Waals surface area contributed by atoms with Crippen molar-refractivity contribution < 1.29 is 9.59 Å². The number of nitrogens with two attached hydrogens (primary N) is 1. The van der Waals surface area contributed by atoms with Crippen LogP contribution in [0.1, 0.15) is 6.92 Å². The Morgan fingerprint density at radius 1 is 1.62 bits per heavy atom. The summed E-state index contributed by atoms with van der Waals surface area (Å²) in [5.41, 5.74) is 4.56. The van der Waals surface area contributed by atoms with E-state index in [1.807, 2.05) is 0 Å². The maximum absolute atomic E-state index is 10.2. The molecular formula is C5H6NO2. The average Bonchev–Trinajstić information content (AvgIpc) is 1.67. The second-order valence-electron chi connectivity index (χ2n) is 1.16. The van der Waals surface area contributed by atoms with Gasteiger partial charge in [-0.2, -0.15) is 0 Å². The van der Waals surface area contributed by atoms with Gasteiger partial charge in [-0.05, 0) is 19.1 Å². The Kier molecular flexibility index (Phi) is 2.54. The van der Waals surface area contributed by atoms with Crippen LogP contribution in [0.5, 0.6) is 0 Å². The smallest absolute Gasteiger partial charge is 0.289 e. The number of primary amides is 1. The standard InChI is InChI=1S/C5H6NO2/c1-2-3-4(7)5(6)8/h3H,1H3,(H2,6,8). The molecule has 0 aliphatic rings. The molecule has 0 heterocycles. The normalized spacial score (nSPS) is 9.62. The summed E-state index contributed by atoms with van der Waals surface area (Å²) in [6.45, 7) is 1.51. The van der Waals surface area contributed by atoms with Gasteiger partial charge < -0.3 is 5.73 Å². The first kappa shape index (κ1) is 6.88. The maximum atomic E-state index is 10.2. The Morgan fingerprint density at radius 3 is 2.25 bits per heavy atom. The zero-order valence-corrected chi connectivity index (χ0v) is 4.47. The third-order valence-electron chi connectivity index (χ3n) is 0.518. The van der Waals surface area contributed by atoms with Gasteiger partial charge in [0.1, 0.15) is 0 Å². The van der Waals surface area contributed by atoms with Crippen LogP contribution in [-0.2, 0) is 9.59 Å². The van der Waals surface area contributed by atoms with Gasteiger partial charge in [0.15, 0.2) is 0 Å². The number of carbonyl (C=O) groups is 2. The fraction of sp³-hybridized carbons (Fsp3) is 0.200. The van der Waals surface area contributed by atoms with Crippen molar-refractivity contribution in [1.82, 2.24) is 0 Å². The molecule has 8 heavy (non-hydrogen) atoms. The monoisotopic (exact) mass is 112 g/mol. The maximum Gasteiger partial charge on any atom is 0.289 e. The molecule has 0 unspecified atom stereocenters. The van der Waals surface area contributed by atoms with Crippen LogP contribution in [0.4, 0.5) is 0 Å². The van der Waals surface area contributed by atoms with Crippen molar-refractivity contribution >= 4 is 11.7 Å². The van der Waals surface area contributed by atoms with E-state index in [9.17, 15) is 9.59 Å². The van der Waals surface area contributed by atoms with E-state index in [0.717, 1.165) is 6.08 Å². The van der Waals surface area contributed by atoms with E-state index in [1.165, 1.54) is 6.92 Å². The molecule has 0 atom stereocenters. The first-order valence-electron chi connectivity index (χ1n) is 2.02. The molecule has 0 saturated heterocycles. The third-order valence-corrected chi connectivity index (χ3v) is 0.518. The van der Waals surface area contributed by atoms with Crippen molar-refractivity contribution in [2.45, 2.75) is 6.92 Å². The SMILES string of the molecule is C/[C]=C/C(=O)C(N)=O. The van der Waals surface area contributed by atoms with Gasteiger partial charge >= 0.3 is 0 Å². The fourth-order valence-electron chi connectivity index (χ4n) is 0.202. The Bertz CT molecular complexity index is 137. The van der Waals surface area contributed by atoms with Gasteiger partial charge in [0.2, 0.25) is 5.78 Å². The topological polar surface area (TPSA) is 60.2 Å². The van der Waals surface area contributed by atoms with Gasteiger partial charge in [0.05, 0.1) is 0 Å². The van der Waals surface area contributed by atoms with Crippen LogP contribution in [0.2, 0.25) is 0 Å². The fourth-order valence-corrected chi connectivity index (χ4v) is 0.202. The lowest BCUT2D eigenvalue weighted by molar-refractivity contribution is -0.133. The highest BCUT2D eigenvalue weighted by atomic mass is 16.2. The van der Waals surface area contributed by atoms with Crippen LogP contribution in [0.15, 0.2) is 6.08 Å². The Morgan fingerprint density at radius 2 is 2.12 bits per heavy atom. The first-order chi connectivity index (χ1) is 3.68. The lowest BCUT2D eigenvalue weighted by atomic mass is 10.3. The van der Waals surface area contributed by atoms with Crippen molar-refractivity contribution in [2.75, 3.05) is 0 Å². The van der Waals surface area contributed by atoms with Crippen molar-refractivity contribution in [3.8, 4) is 0 Å². The minimum absolute atomic E-state index is 0.715. The lowest BCUT2D eigenvalue weighted by Crippen LogP contribution is -2.20. The molecule has 0 rings (SSSR count). The molecule has 0 bridgehead atoms. The molecule has 0 aliphatic heterocycles. The van der Waals surface area contributed by atoms with Crippen LogP contribution in [0, 0.1) is 6.08 Å². The van der Waals surface area contributed by atoms with Crippen molar-refractivity contribution in [1.29, 1.82) is 0 Å². The molecule has 3 nitrogen and oxygen atoms in total. The summed E-state index contributed by atoms with van der Waals surface area (Å²) in [6.07, 6.45) is 3.38. The number of hydrogen-bond acceptors (Lipinski definition) is 2. The predicted molar refractivity (Wildman–Crippen MR) is 27.7 cm³/mol. The summed E-state index contributed by atoms with van der Waals surface area (Å²) < 4.78 is 0. The number of rotatable bonds is 2. The highest BCUT2D eigenvalue weighted by Crippen LogP contribution is 1.71. The molecule has 0 aromatic rings. The molecular weight excluding hydrogens is 106 g/mol. The lowest BCUT2D eigenvalue weighted by Gasteiger charge is -1.79. The molecule has 43 valence electrons. The average molecular weight is 112 g/mol. The van der Waals surface area contributed by atoms with Gasteiger partial charge in [0.25, 0.3) is 5.91 Å². The van der Waals surface area contributed by atoms with E-state index in [0.29, 0.717) is 0 Å². The quantitative estimate of drug-likeness (QED) is 0.383. The van der Waals surface area contributed by atoms with E-state index < -0.39 is 11.7 Å². The summed E-state index contributed by atoms with van der Waals surface area (Å²) >= 11 is 0. The zero-order valence-electron chi connectivity index (χ0n) is 4.47. The number of carbonyl (C=O) groups excluding carboxylic acids is 2. The first-order valence-corrected chi connectivity index (χ1v) is 2.02. The van der Waals surface area contributed by atoms with Crippen LogP contribution in [0.25, 0.3) is 0 Å². The van der Waals surface area contributed by atoms with Gasteiger partial charge in [-0.15, -0.1) is 0 Å². The van der Waals surface area contributed by atoms with Crippen molar-refractivity contribution in [2.24, 2.45) is 5.73 Å². The molecule has 3 heteroatoms. The highest BCUT2D eigenvalue weighted by molar-refractivity contribution is 6.39. The number of hydrogen-bond donors (Lipinski definition) is 1. The van der Waals surface area contributed by atoms with Gasteiger partial charge in [-0.3, -0.25) is 9.59 Å². The second-order valence-corrected chi connectivity index (χ2v) is 1.16. The van der Waals surface area contributed by atoms with Gasteiger partial charge in [-0.25, -0.2) is 0 Å². The van der Waals surface area contributed by atoms with Crippen molar-refractivity contribution in [3.05, 3.63) is 12.2 Å². The molecule has 1 amide bonds.